The summed E-state index contributed by atoms with van der Waals surface area (Å²) >= 11 is 3.57. The Balaban J connectivity index is 2.32. The van der Waals surface area contributed by atoms with Gasteiger partial charge in [-0.2, -0.15) is 0 Å². The van der Waals surface area contributed by atoms with Crippen LogP contribution >= 0.6 is 15.9 Å². The van der Waals surface area contributed by atoms with E-state index in [9.17, 15) is 0 Å². The second-order valence-electron chi connectivity index (χ2n) is 4.07. The number of ether oxygens (including phenoxy) is 2. The van der Waals surface area contributed by atoms with Gasteiger partial charge < -0.3 is 15.2 Å². The van der Waals surface area contributed by atoms with Crippen LogP contribution in [0.2, 0.25) is 0 Å². The summed E-state index contributed by atoms with van der Waals surface area (Å²) in [5.41, 5.74) is 6.94. The van der Waals surface area contributed by atoms with Crippen LogP contribution in [0.1, 0.15) is 17.9 Å². The van der Waals surface area contributed by atoms with Gasteiger partial charge >= 0.3 is 0 Å². The molecule has 1 aliphatic carbocycles. The predicted molar refractivity (Wildman–Crippen MR) is 67.1 cm³/mol. The number of nitrogens with two attached hydrogens (primary N) is 1. The van der Waals surface area contributed by atoms with Crippen molar-refractivity contribution >= 4 is 15.9 Å². The van der Waals surface area contributed by atoms with Gasteiger partial charge in [0.05, 0.1) is 14.2 Å². The second kappa shape index (κ2) is 4.63. The minimum atomic E-state index is 0.569. The maximum atomic E-state index is 5.67. The molecule has 0 aromatic heterocycles. The van der Waals surface area contributed by atoms with Crippen LogP contribution < -0.4 is 15.2 Å². The highest BCUT2D eigenvalue weighted by atomic mass is 79.9. The summed E-state index contributed by atoms with van der Waals surface area (Å²) in [7, 11) is 3.30. The van der Waals surface area contributed by atoms with E-state index in [0.29, 0.717) is 11.8 Å². The topological polar surface area (TPSA) is 44.5 Å². The first-order chi connectivity index (χ1) is 7.71. The molecule has 88 valence electrons. The van der Waals surface area contributed by atoms with Crippen LogP contribution in [-0.4, -0.2) is 20.8 Å². The Kier molecular flexibility index (Phi) is 3.40. The van der Waals surface area contributed by atoms with Crippen molar-refractivity contribution in [2.75, 3.05) is 20.8 Å². The van der Waals surface area contributed by atoms with Gasteiger partial charge in [-0.25, -0.2) is 0 Å². The average Bonchev–Trinajstić information content (AvgIpc) is 3.07. The van der Waals surface area contributed by atoms with Crippen LogP contribution in [-0.2, 0) is 0 Å². The van der Waals surface area contributed by atoms with Crippen molar-refractivity contribution in [1.82, 2.24) is 0 Å². The fourth-order valence-electron chi connectivity index (χ4n) is 2.04. The lowest BCUT2D eigenvalue weighted by molar-refractivity contribution is 0.354. The summed E-state index contributed by atoms with van der Waals surface area (Å²) in [5, 5.41) is 0. The van der Waals surface area contributed by atoms with Gasteiger partial charge in [-0.05, 0) is 42.5 Å². The largest absolute Gasteiger partial charge is 0.493 e. The van der Waals surface area contributed by atoms with E-state index in [-0.39, 0.29) is 0 Å². The normalized spacial score (nSPS) is 23.0. The van der Waals surface area contributed by atoms with Gasteiger partial charge in [0.2, 0.25) is 0 Å². The Morgan fingerprint density at radius 3 is 2.44 bits per heavy atom. The fourth-order valence-corrected chi connectivity index (χ4v) is 2.66. The third-order valence-corrected chi connectivity index (χ3v) is 3.81. The smallest absolute Gasteiger partial charge is 0.161 e. The number of hydrogen-bond donors (Lipinski definition) is 1. The Morgan fingerprint density at radius 1 is 1.31 bits per heavy atom. The molecule has 1 aromatic rings. The summed E-state index contributed by atoms with van der Waals surface area (Å²) in [6, 6.07) is 4.00. The summed E-state index contributed by atoms with van der Waals surface area (Å²) in [4.78, 5) is 0. The summed E-state index contributed by atoms with van der Waals surface area (Å²) in [5.74, 6) is 2.72. The van der Waals surface area contributed by atoms with Crippen LogP contribution in [0, 0.1) is 5.92 Å². The molecule has 0 unspecified atom stereocenters. The Bertz CT molecular complexity index is 395. The van der Waals surface area contributed by atoms with Crippen molar-refractivity contribution in [3.8, 4) is 11.5 Å². The number of halogens is 1. The average molecular weight is 286 g/mol. The van der Waals surface area contributed by atoms with Gasteiger partial charge in [-0.3, -0.25) is 0 Å². The molecule has 0 amide bonds. The summed E-state index contributed by atoms with van der Waals surface area (Å²) < 4.78 is 11.6. The fraction of sp³-hybridized carbons (Fsp3) is 0.500. The molecular formula is C12H16BrNO2. The molecule has 1 saturated carbocycles. The first kappa shape index (κ1) is 11.7. The van der Waals surface area contributed by atoms with Crippen molar-refractivity contribution in [2.45, 2.75) is 12.3 Å². The summed E-state index contributed by atoms with van der Waals surface area (Å²) in [6.45, 7) is 0.755. The molecule has 0 aliphatic heterocycles. The molecular weight excluding hydrogens is 270 g/mol. The number of rotatable bonds is 4. The van der Waals surface area contributed by atoms with Gasteiger partial charge in [-0.15, -0.1) is 0 Å². The molecule has 0 heterocycles. The molecule has 4 heteroatoms. The van der Waals surface area contributed by atoms with Crippen molar-refractivity contribution in [1.29, 1.82) is 0 Å². The van der Waals surface area contributed by atoms with Crippen molar-refractivity contribution in [3.63, 3.8) is 0 Å². The summed E-state index contributed by atoms with van der Waals surface area (Å²) in [6.07, 6.45) is 1.17. The molecule has 1 aromatic carbocycles. The van der Waals surface area contributed by atoms with Gasteiger partial charge in [0, 0.05) is 4.47 Å². The maximum absolute atomic E-state index is 5.67. The van der Waals surface area contributed by atoms with Gasteiger partial charge in [0.25, 0.3) is 0 Å². The Hall–Kier alpha value is -0.740. The molecule has 2 atom stereocenters. The lowest BCUT2D eigenvalue weighted by atomic mass is 10.1. The third-order valence-electron chi connectivity index (χ3n) is 3.13. The molecule has 1 fully saturated rings. The lowest BCUT2D eigenvalue weighted by Crippen LogP contribution is -2.02. The van der Waals surface area contributed by atoms with Gasteiger partial charge in [-0.1, -0.05) is 15.9 Å². The van der Waals surface area contributed by atoms with Crippen molar-refractivity contribution in [2.24, 2.45) is 11.7 Å². The van der Waals surface area contributed by atoms with E-state index < -0.39 is 0 Å². The zero-order chi connectivity index (χ0) is 11.7. The maximum Gasteiger partial charge on any atom is 0.161 e. The number of methoxy groups -OCH3 is 2. The van der Waals surface area contributed by atoms with Crippen LogP contribution in [0.3, 0.4) is 0 Å². The van der Waals surface area contributed by atoms with Crippen molar-refractivity contribution < 1.29 is 9.47 Å². The molecule has 0 spiro atoms. The Morgan fingerprint density at radius 2 is 1.94 bits per heavy atom. The van der Waals surface area contributed by atoms with E-state index in [1.165, 1.54) is 12.0 Å². The van der Waals surface area contributed by atoms with Crippen LogP contribution in [0.15, 0.2) is 16.6 Å². The molecule has 2 rings (SSSR count). The quantitative estimate of drug-likeness (QED) is 0.925. The van der Waals surface area contributed by atoms with Crippen LogP contribution in [0.25, 0.3) is 0 Å². The van der Waals surface area contributed by atoms with Gasteiger partial charge in [0.15, 0.2) is 11.5 Å². The molecule has 3 nitrogen and oxygen atoms in total. The molecule has 0 saturated heterocycles. The first-order valence-electron chi connectivity index (χ1n) is 5.32. The third kappa shape index (κ3) is 2.04. The van der Waals surface area contributed by atoms with E-state index >= 15 is 0 Å². The minimum Gasteiger partial charge on any atom is -0.493 e. The molecule has 1 aliphatic rings. The lowest BCUT2D eigenvalue weighted by Gasteiger charge is -2.11. The van der Waals surface area contributed by atoms with Gasteiger partial charge in [0.1, 0.15) is 0 Å². The highest BCUT2D eigenvalue weighted by molar-refractivity contribution is 9.10. The SMILES string of the molecule is COc1cc(Br)c([C@@H]2C[C@H]2CN)cc1OC. The van der Waals surface area contributed by atoms with Crippen LogP contribution in [0.5, 0.6) is 11.5 Å². The Labute approximate surface area is 104 Å². The molecule has 0 bridgehead atoms. The van der Waals surface area contributed by atoms with E-state index in [4.69, 9.17) is 15.2 Å². The highest BCUT2D eigenvalue weighted by Gasteiger charge is 2.38. The minimum absolute atomic E-state index is 0.569. The first-order valence-corrected chi connectivity index (χ1v) is 6.12. The number of hydrogen-bond acceptors (Lipinski definition) is 3. The van der Waals surface area contributed by atoms with E-state index in [1.54, 1.807) is 14.2 Å². The molecule has 16 heavy (non-hydrogen) atoms. The standard InChI is InChI=1S/C12H16BrNO2/c1-15-11-4-9(8-3-7(8)6-14)10(13)5-12(11)16-2/h4-5,7-8H,3,6,14H2,1-2H3/t7-,8+/m0/s1. The van der Waals surface area contributed by atoms with E-state index in [1.807, 2.05) is 12.1 Å². The van der Waals surface area contributed by atoms with Crippen molar-refractivity contribution in [3.05, 3.63) is 22.2 Å². The zero-order valence-electron chi connectivity index (χ0n) is 9.50. The van der Waals surface area contributed by atoms with Crippen LogP contribution in [0.4, 0.5) is 0 Å². The predicted octanol–water partition coefficient (Wildman–Crippen LogP) is 2.53. The highest BCUT2D eigenvalue weighted by Crippen LogP contribution is 2.51. The van der Waals surface area contributed by atoms with E-state index in [2.05, 4.69) is 15.9 Å². The molecule has 2 N–H and O–H groups in total. The second-order valence-corrected chi connectivity index (χ2v) is 4.92. The number of benzene rings is 1. The monoisotopic (exact) mass is 285 g/mol. The zero-order valence-corrected chi connectivity index (χ0v) is 11.1. The molecule has 0 radical (unpaired) electrons. The van der Waals surface area contributed by atoms with E-state index in [0.717, 1.165) is 22.5 Å².